The number of nitrogens with one attached hydrogen (secondary N) is 1. The lowest BCUT2D eigenvalue weighted by Crippen LogP contribution is -2.45. The number of carbonyl (C=O) groups excluding carboxylic acids is 2. The number of benzene rings is 2. The molecule has 3 rings (SSSR count). The highest BCUT2D eigenvalue weighted by molar-refractivity contribution is 6.12. The van der Waals surface area contributed by atoms with Crippen LogP contribution in [0.3, 0.4) is 0 Å². The molecule has 0 bridgehead atoms. The van der Waals surface area contributed by atoms with Gasteiger partial charge < -0.3 is 15.2 Å². The van der Waals surface area contributed by atoms with Gasteiger partial charge in [0, 0.05) is 5.69 Å². The smallest absolute Gasteiger partial charge is 0.294 e. The third-order valence-electron chi connectivity index (χ3n) is 3.80. The Morgan fingerprint density at radius 1 is 1.31 bits per heavy atom. The number of methoxy groups -OCH3 is 1. The standard InChI is InChI=1S/C18H18N4O4/c1-25-13-4-2-3-11(7-13)8-16-18(24)22(10-17(23)21-20)14-9-12(19)5-6-15(14)26-16/h2-9H,10,19-20H2,1H3,(H,21,23)/b16-8+. The fraction of sp³-hybridized carbons (Fsp3) is 0.111. The Labute approximate surface area is 149 Å². The van der Waals surface area contributed by atoms with Gasteiger partial charge in [-0.2, -0.15) is 0 Å². The van der Waals surface area contributed by atoms with E-state index in [0.717, 1.165) is 5.56 Å². The Morgan fingerprint density at radius 3 is 2.85 bits per heavy atom. The summed E-state index contributed by atoms with van der Waals surface area (Å²) < 4.78 is 10.9. The van der Waals surface area contributed by atoms with Crippen LogP contribution < -0.4 is 31.4 Å². The molecule has 0 saturated heterocycles. The van der Waals surface area contributed by atoms with Crippen LogP contribution in [0.2, 0.25) is 0 Å². The Bertz CT molecular complexity index is 895. The molecule has 0 aliphatic carbocycles. The number of nitrogens with zero attached hydrogens (tertiary/aromatic N) is 1. The average molecular weight is 354 g/mol. The van der Waals surface area contributed by atoms with Gasteiger partial charge in [-0.3, -0.25) is 19.9 Å². The van der Waals surface area contributed by atoms with Gasteiger partial charge in [0.25, 0.3) is 11.8 Å². The summed E-state index contributed by atoms with van der Waals surface area (Å²) in [5.74, 6) is 5.29. The molecule has 0 spiro atoms. The molecule has 0 radical (unpaired) electrons. The number of hydrogen-bond donors (Lipinski definition) is 3. The van der Waals surface area contributed by atoms with Crippen LogP contribution in [0, 0.1) is 0 Å². The van der Waals surface area contributed by atoms with Crippen molar-refractivity contribution in [3.05, 3.63) is 53.8 Å². The molecule has 0 aromatic heterocycles. The maximum absolute atomic E-state index is 12.8. The van der Waals surface area contributed by atoms with E-state index < -0.39 is 11.8 Å². The summed E-state index contributed by atoms with van der Waals surface area (Å²) in [7, 11) is 1.56. The fourth-order valence-corrected chi connectivity index (χ4v) is 2.56. The number of nitrogen functional groups attached to an aromatic ring is 1. The van der Waals surface area contributed by atoms with Gasteiger partial charge in [0.05, 0.1) is 12.8 Å². The zero-order valence-electron chi connectivity index (χ0n) is 14.1. The van der Waals surface area contributed by atoms with Gasteiger partial charge >= 0.3 is 0 Å². The second-order valence-corrected chi connectivity index (χ2v) is 5.57. The average Bonchev–Trinajstić information content (AvgIpc) is 2.65. The van der Waals surface area contributed by atoms with Crippen molar-refractivity contribution in [2.24, 2.45) is 5.84 Å². The van der Waals surface area contributed by atoms with Crippen molar-refractivity contribution in [1.29, 1.82) is 0 Å². The largest absolute Gasteiger partial charge is 0.497 e. The zero-order chi connectivity index (χ0) is 18.7. The van der Waals surface area contributed by atoms with Crippen molar-refractivity contribution >= 4 is 29.3 Å². The lowest BCUT2D eigenvalue weighted by atomic mass is 10.1. The number of nitrogens with two attached hydrogens (primary N) is 2. The molecule has 26 heavy (non-hydrogen) atoms. The number of rotatable bonds is 4. The molecule has 0 fully saturated rings. The van der Waals surface area contributed by atoms with Gasteiger partial charge in [-0.05, 0) is 42.0 Å². The van der Waals surface area contributed by atoms with E-state index in [9.17, 15) is 9.59 Å². The topological polar surface area (TPSA) is 120 Å². The highest BCUT2D eigenvalue weighted by Gasteiger charge is 2.31. The lowest BCUT2D eigenvalue weighted by molar-refractivity contribution is -0.123. The van der Waals surface area contributed by atoms with Crippen LogP contribution in [0.25, 0.3) is 6.08 Å². The molecule has 2 amide bonds. The molecule has 0 atom stereocenters. The van der Waals surface area contributed by atoms with Crippen molar-refractivity contribution in [3.63, 3.8) is 0 Å². The predicted octanol–water partition coefficient (Wildman–Crippen LogP) is 1.03. The van der Waals surface area contributed by atoms with Gasteiger partial charge in [0.1, 0.15) is 12.3 Å². The van der Waals surface area contributed by atoms with Crippen LogP contribution in [0.15, 0.2) is 48.2 Å². The van der Waals surface area contributed by atoms with Crippen molar-refractivity contribution in [2.45, 2.75) is 0 Å². The molecule has 1 aliphatic heterocycles. The summed E-state index contributed by atoms with van der Waals surface area (Å²) in [6.07, 6.45) is 1.58. The van der Waals surface area contributed by atoms with Crippen molar-refractivity contribution in [1.82, 2.24) is 5.43 Å². The van der Waals surface area contributed by atoms with E-state index in [-0.39, 0.29) is 12.3 Å². The molecule has 0 unspecified atom stereocenters. The Hall–Kier alpha value is -3.52. The lowest BCUT2D eigenvalue weighted by Gasteiger charge is -2.30. The van der Waals surface area contributed by atoms with E-state index >= 15 is 0 Å². The van der Waals surface area contributed by atoms with Crippen LogP contribution >= 0.6 is 0 Å². The van der Waals surface area contributed by atoms with E-state index in [0.29, 0.717) is 22.9 Å². The maximum atomic E-state index is 12.8. The van der Waals surface area contributed by atoms with Crippen LogP contribution in [0.4, 0.5) is 11.4 Å². The number of hydrazine groups is 1. The predicted molar refractivity (Wildman–Crippen MR) is 97.1 cm³/mol. The minimum absolute atomic E-state index is 0.0698. The Balaban J connectivity index is 2.03. The first-order chi connectivity index (χ1) is 12.5. The highest BCUT2D eigenvalue weighted by Crippen LogP contribution is 2.37. The first kappa shape index (κ1) is 17.3. The molecular weight excluding hydrogens is 336 g/mol. The van der Waals surface area contributed by atoms with Gasteiger partial charge in [-0.25, -0.2) is 5.84 Å². The number of fused-ring (bicyclic) bond motifs is 1. The number of carbonyl (C=O) groups is 2. The van der Waals surface area contributed by atoms with Crippen molar-refractivity contribution < 1.29 is 19.1 Å². The molecular formula is C18H18N4O4. The summed E-state index contributed by atoms with van der Waals surface area (Å²) in [5, 5.41) is 0. The molecule has 8 heteroatoms. The van der Waals surface area contributed by atoms with E-state index in [1.54, 1.807) is 49.6 Å². The molecule has 134 valence electrons. The second-order valence-electron chi connectivity index (χ2n) is 5.57. The normalized spacial score (nSPS) is 14.6. The van der Waals surface area contributed by atoms with Crippen LogP contribution in [0.1, 0.15) is 5.56 Å². The summed E-state index contributed by atoms with van der Waals surface area (Å²) in [6, 6.07) is 12.0. The third kappa shape index (κ3) is 3.45. The summed E-state index contributed by atoms with van der Waals surface area (Å²) >= 11 is 0. The first-order valence-corrected chi connectivity index (χ1v) is 7.76. The van der Waals surface area contributed by atoms with Crippen LogP contribution in [-0.4, -0.2) is 25.5 Å². The Kier molecular flexibility index (Phi) is 4.76. The third-order valence-corrected chi connectivity index (χ3v) is 3.80. The number of hydrogen-bond acceptors (Lipinski definition) is 6. The summed E-state index contributed by atoms with van der Waals surface area (Å²) in [5.41, 5.74) is 9.38. The minimum Gasteiger partial charge on any atom is -0.497 e. The second kappa shape index (κ2) is 7.16. The van der Waals surface area contributed by atoms with E-state index in [1.165, 1.54) is 4.90 Å². The van der Waals surface area contributed by atoms with E-state index in [1.807, 2.05) is 11.5 Å². The quantitative estimate of drug-likeness (QED) is 0.248. The molecule has 1 aliphatic rings. The monoisotopic (exact) mass is 354 g/mol. The maximum Gasteiger partial charge on any atom is 0.294 e. The van der Waals surface area contributed by atoms with Crippen molar-refractivity contribution in [3.8, 4) is 11.5 Å². The molecule has 8 nitrogen and oxygen atoms in total. The SMILES string of the molecule is COc1cccc(/C=C2/Oc3ccc(N)cc3N(CC(=O)NN)C2=O)c1. The Morgan fingerprint density at radius 2 is 2.12 bits per heavy atom. The van der Waals surface area contributed by atoms with Gasteiger partial charge in [0.2, 0.25) is 0 Å². The number of ether oxygens (including phenoxy) is 2. The van der Waals surface area contributed by atoms with Crippen LogP contribution in [0.5, 0.6) is 11.5 Å². The van der Waals surface area contributed by atoms with E-state index in [2.05, 4.69) is 0 Å². The first-order valence-electron chi connectivity index (χ1n) is 7.76. The molecule has 2 aromatic carbocycles. The fourth-order valence-electron chi connectivity index (χ4n) is 2.56. The molecule has 5 N–H and O–H groups in total. The van der Waals surface area contributed by atoms with Gasteiger partial charge in [0.15, 0.2) is 11.5 Å². The minimum atomic E-state index is -0.519. The van der Waals surface area contributed by atoms with E-state index in [4.69, 9.17) is 21.1 Å². The number of amides is 2. The van der Waals surface area contributed by atoms with Gasteiger partial charge in [-0.1, -0.05) is 12.1 Å². The summed E-state index contributed by atoms with van der Waals surface area (Å²) in [4.78, 5) is 25.8. The molecule has 2 aromatic rings. The highest BCUT2D eigenvalue weighted by atomic mass is 16.5. The summed E-state index contributed by atoms with van der Waals surface area (Å²) in [6.45, 7) is -0.259. The van der Waals surface area contributed by atoms with Crippen molar-refractivity contribution in [2.75, 3.05) is 24.3 Å². The van der Waals surface area contributed by atoms with Gasteiger partial charge in [-0.15, -0.1) is 0 Å². The molecule has 0 saturated carbocycles. The van der Waals surface area contributed by atoms with Crippen LogP contribution in [-0.2, 0) is 9.59 Å². The number of anilines is 2. The zero-order valence-corrected chi connectivity index (χ0v) is 14.1. The molecule has 1 heterocycles.